The molecule has 0 fully saturated rings. The van der Waals surface area contributed by atoms with Crippen LogP contribution in [0.1, 0.15) is 27.0 Å². The third-order valence-electron chi connectivity index (χ3n) is 3.74. The Morgan fingerprint density at radius 1 is 1.15 bits per heavy atom. The Morgan fingerprint density at radius 3 is 2.52 bits per heavy atom. The van der Waals surface area contributed by atoms with Gasteiger partial charge in [-0.3, -0.25) is 14.8 Å². The molecule has 0 aliphatic rings. The molecule has 2 aromatic carbocycles. The lowest BCUT2D eigenvalue weighted by Crippen LogP contribution is -2.27. The molecule has 2 N–H and O–H groups in total. The number of carbonyl (C=O) groups is 2. The number of hydrogen-bond acceptors (Lipinski definition) is 3. The van der Waals surface area contributed by atoms with Crippen LogP contribution < -0.4 is 5.48 Å². The SMILES string of the molecule is CN(Cc1cccc(C(F)(F)F)c1)C(=O)c1ccccc1C=CC(=O)NO. The molecular formula is C19H17F3N2O3. The lowest BCUT2D eigenvalue weighted by atomic mass is 10.0. The van der Waals surface area contributed by atoms with Crippen molar-refractivity contribution in [2.24, 2.45) is 0 Å². The van der Waals surface area contributed by atoms with E-state index in [0.29, 0.717) is 11.1 Å². The molecule has 142 valence electrons. The van der Waals surface area contributed by atoms with Gasteiger partial charge in [-0.05, 0) is 35.4 Å². The van der Waals surface area contributed by atoms with Crippen LogP contribution in [0.2, 0.25) is 0 Å². The lowest BCUT2D eigenvalue weighted by Gasteiger charge is -2.19. The predicted molar refractivity (Wildman–Crippen MR) is 92.6 cm³/mol. The van der Waals surface area contributed by atoms with Gasteiger partial charge < -0.3 is 4.90 Å². The van der Waals surface area contributed by atoms with E-state index in [1.165, 1.54) is 35.6 Å². The molecule has 2 amide bonds. The summed E-state index contributed by atoms with van der Waals surface area (Å²) in [7, 11) is 1.48. The summed E-state index contributed by atoms with van der Waals surface area (Å²) in [4.78, 5) is 25.1. The Hall–Kier alpha value is -3.13. The van der Waals surface area contributed by atoms with E-state index in [2.05, 4.69) is 0 Å². The van der Waals surface area contributed by atoms with Crippen LogP contribution in [0.25, 0.3) is 6.08 Å². The van der Waals surface area contributed by atoms with Gasteiger partial charge in [-0.15, -0.1) is 0 Å². The molecule has 0 bridgehead atoms. The third-order valence-corrected chi connectivity index (χ3v) is 3.74. The molecule has 0 aliphatic heterocycles. The van der Waals surface area contributed by atoms with Crippen molar-refractivity contribution in [3.05, 3.63) is 76.9 Å². The van der Waals surface area contributed by atoms with Crippen LogP contribution in [-0.4, -0.2) is 29.0 Å². The number of halogens is 3. The lowest BCUT2D eigenvalue weighted by molar-refractivity contribution is -0.137. The van der Waals surface area contributed by atoms with Gasteiger partial charge in [0.25, 0.3) is 11.8 Å². The second-order valence-electron chi connectivity index (χ2n) is 5.76. The second kappa shape index (κ2) is 8.50. The van der Waals surface area contributed by atoms with E-state index < -0.39 is 23.6 Å². The largest absolute Gasteiger partial charge is 0.416 e. The number of benzene rings is 2. The Labute approximate surface area is 153 Å². The first-order valence-electron chi connectivity index (χ1n) is 7.85. The van der Waals surface area contributed by atoms with Crippen molar-refractivity contribution in [1.82, 2.24) is 10.4 Å². The summed E-state index contributed by atoms with van der Waals surface area (Å²) >= 11 is 0. The van der Waals surface area contributed by atoms with Gasteiger partial charge in [-0.25, -0.2) is 5.48 Å². The van der Waals surface area contributed by atoms with E-state index in [0.717, 1.165) is 18.2 Å². The van der Waals surface area contributed by atoms with Crippen LogP contribution in [0.15, 0.2) is 54.6 Å². The van der Waals surface area contributed by atoms with Crippen LogP contribution in [-0.2, 0) is 17.5 Å². The average Bonchev–Trinajstić information content (AvgIpc) is 2.65. The van der Waals surface area contributed by atoms with Gasteiger partial charge in [-0.2, -0.15) is 13.2 Å². The monoisotopic (exact) mass is 378 g/mol. The molecule has 0 unspecified atom stereocenters. The fourth-order valence-electron chi connectivity index (χ4n) is 2.44. The molecule has 2 rings (SSSR count). The zero-order valence-corrected chi connectivity index (χ0v) is 14.3. The van der Waals surface area contributed by atoms with Gasteiger partial charge in [0, 0.05) is 25.2 Å². The van der Waals surface area contributed by atoms with Gasteiger partial charge in [0.15, 0.2) is 0 Å². The van der Waals surface area contributed by atoms with E-state index in [9.17, 15) is 22.8 Å². The van der Waals surface area contributed by atoms with Gasteiger partial charge in [0.1, 0.15) is 0 Å². The minimum absolute atomic E-state index is 0.0159. The van der Waals surface area contributed by atoms with Crippen LogP contribution in [0.4, 0.5) is 13.2 Å². The standard InChI is InChI=1S/C19H17F3N2O3/c1-24(12-13-5-4-7-15(11-13)19(20,21)22)18(26)16-8-3-2-6-14(16)9-10-17(25)23-27/h2-11,27H,12H2,1H3,(H,23,25). The zero-order chi connectivity index (χ0) is 20.0. The summed E-state index contributed by atoms with van der Waals surface area (Å²) in [6, 6.07) is 11.2. The number of hydrogen-bond donors (Lipinski definition) is 2. The van der Waals surface area contributed by atoms with Crippen molar-refractivity contribution in [3.8, 4) is 0 Å². The maximum Gasteiger partial charge on any atom is 0.416 e. The smallest absolute Gasteiger partial charge is 0.337 e. The molecule has 8 heteroatoms. The van der Waals surface area contributed by atoms with E-state index in [-0.39, 0.29) is 12.1 Å². The first-order chi connectivity index (χ1) is 12.7. The molecule has 0 aromatic heterocycles. The predicted octanol–water partition coefficient (Wildman–Crippen LogP) is 3.50. The highest BCUT2D eigenvalue weighted by Gasteiger charge is 2.30. The summed E-state index contributed by atoms with van der Waals surface area (Å²) in [5, 5.41) is 8.52. The Kier molecular flexibility index (Phi) is 6.36. The van der Waals surface area contributed by atoms with E-state index >= 15 is 0 Å². The first kappa shape index (κ1) is 20.2. The number of carbonyl (C=O) groups excluding carboxylic acids is 2. The van der Waals surface area contributed by atoms with Crippen molar-refractivity contribution in [2.45, 2.75) is 12.7 Å². The molecule has 0 spiro atoms. The topological polar surface area (TPSA) is 69.6 Å². The average molecular weight is 378 g/mol. The highest BCUT2D eigenvalue weighted by molar-refractivity contribution is 5.99. The minimum Gasteiger partial charge on any atom is -0.337 e. The molecule has 0 radical (unpaired) electrons. The molecule has 27 heavy (non-hydrogen) atoms. The van der Waals surface area contributed by atoms with Crippen molar-refractivity contribution < 1.29 is 28.0 Å². The molecule has 0 atom stereocenters. The number of alkyl halides is 3. The van der Waals surface area contributed by atoms with Crippen molar-refractivity contribution >= 4 is 17.9 Å². The van der Waals surface area contributed by atoms with Crippen LogP contribution in [0, 0.1) is 0 Å². The molecule has 0 saturated heterocycles. The minimum atomic E-state index is -4.46. The molecule has 2 aromatic rings. The summed E-state index contributed by atoms with van der Waals surface area (Å²) in [5.74, 6) is -1.17. The summed E-state index contributed by atoms with van der Waals surface area (Å²) < 4.78 is 38.5. The highest BCUT2D eigenvalue weighted by atomic mass is 19.4. The van der Waals surface area contributed by atoms with E-state index in [1.54, 1.807) is 24.3 Å². The summed E-state index contributed by atoms with van der Waals surface area (Å²) in [5.41, 5.74) is 1.71. The van der Waals surface area contributed by atoms with Crippen molar-refractivity contribution in [2.75, 3.05) is 7.05 Å². The van der Waals surface area contributed by atoms with E-state index in [1.807, 2.05) is 0 Å². The molecule has 0 heterocycles. The zero-order valence-electron chi connectivity index (χ0n) is 14.3. The maximum absolute atomic E-state index is 12.8. The quantitative estimate of drug-likeness (QED) is 0.475. The fraction of sp³-hybridized carbons (Fsp3) is 0.158. The van der Waals surface area contributed by atoms with Crippen LogP contribution in [0.3, 0.4) is 0 Å². The number of nitrogens with zero attached hydrogens (tertiary/aromatic N) is 1. The second-order valence-corrected chi connectivity index (χ2v) is 5.76. The van der Waals surface area contributed by atoms with Gasteiger partial charge >= 0.3 is 6.18 Å². The molecule has 0 saturated carbocycles. The van der Waals surface area contributed by atoms with Crippen molar-refractivity contribution in [1.29, 1.82) is 0 Å². The molecular weight excluding hydrogens is 361 g/mol. The van der Waals surface area contributed by atoms with Gasteiger partial charge in [0.2, 0.25) is 0 Å². The third kappa shape index (κ3) is 5.42. The number of rotatable bonds is 5. The number of amides is 2. The molecule has 0 aliphatic carbocycles. The van der Waals surface area contributed by atoms with Gasteiger partial charge in [0.05, 0.1) is 5.56 Å². The van der Waals surface area contributed by atoms with E-state index in [4.69, 9.17) is 5.21 Å². The normalized spacial score (nSPS) is 11.4. The van der Waals surface area contributed by atoms with Gasteiger partial charge in [-0.1, -0.05) is 30.3 Å². The Bertz CT molecular complexity index is 863. The fourth-order valence-corrected chi connectivity index (χ4v) is 2.44. The number of hydroxylamine groups is 1. The summed E-state index contributed by atoms with van der Waals surface area (Å²) in [6.07, 6.45) is -2.04. The maximum atomic E-state index is 12.8. The highest BCUT2D eigenvalue weighted by Crippen LogP contribution is 2.29. The number of nitrogens with one attached hydrogen (secondary N) is 1. The van der Waals surface area contributed by atoms with Crippen LogP contribution in [0.5, 0.6) is 0 Å². The van der Waals surface area contributed by atoms with Crippen LogP contribution >= 0.6 is 0 Å². The van der Waals surface area contributed by atoms with Crippen molar-refractivity contribution in [3.63, 3.8) is 0 Å². The Morgan fingerprint density at radius 2 is 1.85 bits per heavy atom. The first-order valence-corrected chi connectivity index (χ1v) is 7.85. The Balaban J connectivity index is 2.21. The molecule has 5 nitrogen and oxygen atoms in total. The summed E-state index contributed by atoms with van der Waals surface area (Å²) in [6.45, 7) is -0.0159.